The van der Waals surface area contributed by atoms with Crippen molar-refractivity contribution in [2.75, 3.05) is 18.5 Å². The highest BCUT2D eigenvalue weighted by molar-refractivity contribution is 6.01. The van der Waals surface area contributed by atoms with E-state index in [-0.39, 0.29) is 78.3 Å². The van der Waals surface area contributed by atoms with E-state index >= 15 is 0 Å². The smallest absolute Gasteiger partial charge is 0.407 e. The Morgan fingerprint density at radius 2 is 1.55 bits per heavy atom. The second-order valence-corrected chi connectivity index (χ2v) is 25.5. The number of carboxylic acid groups (broad SMARTS) is 1. The largest absolute Gasteiger partial charge is 0.479 e. The summed E-state index contributed by atoms with van der Waals surface area (Å²) in [7, 11) is 0. The molecule has 3 aromatic carbocycles. The number of aliphatic carboxylic acids is 1. The van der Waals surface area contributed by atoms with Crippen LogP contribution in [0.4, 0.5) is 10.5 Å². The van der Waals surface area contributed by atoms with E-state index in [9.17, 15) is 59.4 Å². The summed E-state index contributed by atoms with van der Waals surface area (Å²) in [5, 5.41) is 87.0. The third kappa shape index (κ3) is 11.2. The van der Waals surface area contributed by atoms with Gasteiger partial charge in [-0.25, -0.2) is 9.59 Å². The maximum atomic E-state index is 14.1. The van der Waals surface area contributed by atoms with Crippen molar-refractivity contribution in [2.45, 2.75) is 152 Å². The Hall–Kier alpha value is -7.42. The summed E-state index contributed by atoms with van der Waals surface area (Å²) in [4.78, 5) is 77.5. The summed E-state index contributed by atoms with van der Waals surface area (Å²) in [6, 6.07) is 19.2. The molecule has 0 unspecified atom stereocenters. The van der Waals surface area contributed by atoms with Crippen molar-refractivity contribution in [1.82, 2.24) is 31.0 Å². The summed E-state index contributed by atoms with van der Waals surface area (Å²) in [5.74, 6) is -2.45. The Bertz CT molecular complexity index is 3370. The molecule has 460 valence electrons. The van der Waals surface area contributed by atoms with Crippen LogP contribution in [0, 0.1) is 39.9 Å². The lowest BCUT2D eigenvalue weighted by atomic mass is 9.46. The van der Waals surface area contributed by atoms with E-state index in [0.29, 0.717) is 41.3 Å². The van der Waals surface area contributed by atoms with Gasteiger partial charge in [-0.15, -0.1) is 20.4 Å². The average molecular weight is 1200 g/mol. The molecule has 24 heteroatoms. The molecule has 2 saturated heterocycles. The molecular weight excluding hydrogens is 1130 g/mol. The third-order valence-electron chi connectivity index (χ3n) is 20.1. The minimum absolute atomic E-state index is 0.00102. The SMILES string of the molecule is C[C@]12C=CC(=O)C=C1CC[C@@H]1[C@@H]2[C@@H](O)C[C@@]2(C)[C@H]1C[C@H]1O[C@@H](c3ccc(CC4CC5(C4)CC(NC(=O)OCc4ccc(O[C@@H]6O[C@H](C(=O)O)[C@@H](O)[C@H](O)[C@H]6O)c(NC(=O)CCNC(=O)Cc6ccc(-c7nncnn7)cc6)c4)C5)cc3)O[C@]12C(=O)CO. The molecule has 5 saturated carbocycles. The number of nitrogens with one attached hydrogen (secondary N) is 3. The quantitative estimate of drug-likeness (QED) is 0.0688. The summed E-state index contributed by atoms with van der Waals surface area (Å²) in [5.41, 5.74) is 2.12. The molecule has 2 aliphatic heterocycles. The van der Waals surface area contributed by atoms with Crippen molar-refractivity contribution in [2.24, 2.45) is 39.9 Å². The fourth-order valence-corrected chi connectivity index (χ4v) is 16.1. The Balaban J connectivity index is 0.613. The molecular formula is C63H71N7O17. The Morgan fingerprint density at radius 1 is 0.828 bits per heavy atom. The number of Topliss-reactive ketones (excluding diaryl/α,β-unsaturated/α-hetero) is 1. The summed E-state index contributed by atoms with van der Waals surface area (Å²) in [6.07, 6.45) is 0.681. The number of anilines is 1. The lowest BCUT2D eigenvalue weighted by Gasteiger charge is -2.59. The molecule has 6 aliphatic carbocycles. The maximum absolute atomic E-state index is 14.1. The molecule has 0 bridgehead atoms. The standard InChI is InChI=1S/C63H71N7O17/c1-60-17-15-40(72)22-38(60)12-13-41-42-23-47-63(46(74)29-71,61(42,2)28-44(73)50(41)60)87-57(85-47)37-10-5-32(6-11-37)19-35-24-62(25-35)26-39(27-62)67-59(82)83-30-34-7-14-45(84-58-53(79)51(77)52(78)54(86-58)56(80)81)43(20-34)68-48(75)16-18-64-49(76)21-33-3-8-36(9-4-33)55-69-65-31-66-70-55/h3-11,14-15,17,20,22,31,35,39,41-42,44,47,50-54,57-58,71,73,77-79H,12-13,16,18-19,21,23-30H2,1-2H3,(H,64,76)(H,67,82)(H,68,75)(H,80,81)/t35?,39?,41-,42-,44-,47+,50+,51-,52-,53+,54-,57+,58+,60-,61-,62?,63+/m0/s1. The molecule has 3 amide bonds. The van der Waals surface area contributed by atoms with Crippen LogP contribution in [0.3, 0.4) is 0 Å². The van der Waals surface area contributed by atoms with Crippen LogP contribution in [-0.2, 0) is 62.4 Å². The Morgan fingerprint density at radius 3 is 2.28 bits per heavy atom. The number of aliphatic hydroxyl groups excluding tert-OH is 5. The van der Waals surface area contributed by atoms with E-state index in [1.54, 1.807) is 36.4 Å². The number of hydrogen-bond acceptors (Lipinski definition) is 20. The Kier molecular flexibility index (Phi) is 16.2. The highest BCUT2D eigenvalue weighted by Gasteiger charge is 2.76. The predicted molar refractivity (Wildman–Crippen MR) is 303 cm³/mol. The van der Waals surface area contributed by atoms with E-state index < -0.39 is 96.0 Å². The van der Waals surface area contributed by atoms with Crippen molar-refractivity contribution >= 4 is 41.1 Å². The molecule has 14 atom stereocenters. The lowest BCUT2D eigenvalue weighted by molar-refractivity contribution is -0.271. The first-order valence-corrected chi connectivity index (χ1v) is 29.7. The topological polar surface area (TPSA) is 358 Å². The minimum Gasteiger partial charge on any atom is -0.479 e. The summed E-state index contributed by atoms with van der Waals surface area (Å²) < 4.78 is 30.2. The van der Waals surface area contributed by atoms with E-state index in [1.165, 1.54) is 24.5 Å². The number of rotatable bonds is 18. The number of carboxylic acids is 1. The maximum Gasteiger partial charge on any atom is 0.407 e. The number of nitrogens with zero attached hydrogens (tertiary/aromatic N) is 4. The van der Waals surface area contributed by atoms with Gasteiger partial charge >= 0.3 is 12.1 Å². The first-order valence-electron chi connectivity index (χ1n) is 29.7. The number of fused-ring (bicyclic) bond motifs is 7. The zero-order valence-corrected chi connectivity index (χ0v) is 48.0. The fraction of sp³-hybridized carbons (Fsp3) is 0.524. The highest BCUT2D eigenvalue weighted by atomic mass is 16.7. The molecule has 12 rings (SSSR count). The second-order valence-electron chi connectivity index (χ2n) is 25.5. The molecule has 9 N–H and O–H groups in total. The fourth-order valence-electron chi connectivity index (χ4n) is 16.1. The molecule has 24 nitrogen and oxygen atoms in total. The molecule has 87 heavy (non-hydrogen) atoms. The second kappa shape index (κ2) is 23.6. The van der Waals surface area contributed by atoms with E-state index in [2.05, 4.69) is 55.4 Å². The molecule has 7 fully saturated rings. The van der Waals surface area contributed by atoms with E-state index in [4.69, 9.17) is 23.7 Å². The number of alkyl carbamates (subject to hydrolysis) is 1. The van der Waals surface area contributed by atoms with Crippen LogP contribution in [0.25, 0.3) is 11.4 Å². The third-order valence-corrected chi connectivity index (χ3v) is 20.1. The number of aliphatic hydroxyl groups is 5. The average Bonchev–Trinajstić information content (AvgIpc) is 1.55. The van der Waals surface area contributed by atoms with Gasteiger partial charge in [0.05, 0.1) is 24.3 Å². The van der Waals surface area contributed by atoms with Crippen molar-refractivity contribution < 1.29 is 83.1 Å². The van der Waals surface area contributed by atoms with Crippen LogP contribution in [0.2, 0.25) is 0 Å². The monoisotopic (exact) mass is 1200 g/mol. The molecule has 3 heterocycles. The molecule has 1 aromatic heterocycles. The van der Waals surface area contributed by atoms with Crippen LogP contribution >= 0.6 is 0 Å². The van der Waals surface area contributed by atoms with Gasteiger partial charge in [0.1, 0.15) is 37.3 Å². The Labute approximate surface area is 500 Å². The van der Waals surface area contributed by atoms with Gasteiger partial charge in [0.2, 0.25) is 23.9 Å². The molecule has 1 spiro atoms. The number of carbonyl (C=O) groups is 6. The first kappa shape index (κ1) is 59.9. The molecule has 4 aromatic rings. The van der Waals surface area contributed by atoms with E-state index in [1.807, 2.05) is 25.1 Å². The number of ether oxygens (including phenoxy) is 5. The predicted octanol–water partition coefficient (Wildman–Crippen LogP) is 3.52. The van der Waals surface area contributed by atoms with Crippen LogP contribution < -0.4 is 20.7 Å². The van der Waals surface area contributed by atoms with Gasteiger partial charge in [-0.3, -0.25) is 19.2 Å². The van der Waals surface area contributed by atoms with Crippen molar-refractivity contribution in [3.05, 3.63) is 119 Å². The van der Waals surface area contributed by atoms with Gasteiger partial charge in [0, 0.05) is 46.9 Å². The van der Waals surface area contributed by atoms with Crippen molar-refractivity contribution in [1.29, 1.82) is 0 Å². The molecule has 0 radical (unpaired) electrons. The zero-order valence-electron chi connectivity index (χ0n) is 48.0. The van der Waals surface area contributed by atoms with Crippen LogP contribution in [0.1, 0.15) is 100 Å². The van der Waals surface area contributed by atoms with Gasteiger partial charge in [0.25, 0.3) is 0 Å². The van der Waals surface area contributed by atoms with Gasteiger partial charge < -0.3 is 70.3 Å². The van der Waals surface area contributed by atoms with Crippen molar-refractivity contribution in [3.8, 4) is 17.1 Å². The number of allylic oxidation sites excluding steroid dienone is 4. The number of ketones is 2. The highest BCUT2D eigenvalue weighted by Crippen LogP contribution is 2.70. The van der Waals surface area contributed by atoms with Gasteiger partial charge in [-0.2, -0.15) is 0 Å². The molecule has 8 aliphatic rings. The number of hydrogen-bond donors (Lipinski definition) is 9. The normalized spacial score (nSPS) is 35.2. The number of aromatic nitrogens is 4. The minimum atomic E-state index is -1.97. The van der Waals surface area contributed by atoms with E-state index in [0.717, 1.165) is 61.6 Å². The lowest BCUT2D eigenvalue weighted by Crippen LogP contribution is -2.63. The number of benzene rings is 3. The number of carbonyl (C=O) groups excluding carboxylic acids is 5. The van der Waals surface area contributed by atoms with Gasteiger partial charge in [-0.1, -0.05) is 80.1 Å². The van der Waals surface area contributed by atoms with Crippen molar-refractivity contribution in [3.63, 3.8) is 0 Å². The summed E-state index contributed by atoms with van der Waals surface area (Å²) in [6.45, 7) is 3.13. The van der Waals surface area contributed by atoms with Gasteiger partial charge in [-0.05, 0) is 122 Å². The van der Waals surface area contributed by atoms with Gasteiger partial charge in [0.15, 0.2) is 35.9 Å². The van der Waals surface area contributed by atoms with Crippen LogP contribution in [0.15, 0.2) is 96.9 Å². The van der Waals surface area contributed by atoms with Crippen LogP contribution in [-0.4, -0.2) is 154 Å². The summed E-state index contributed by atoms with van der Waals surface area (Å²) >= 11 is 0. The van der Waals surface area contributed by atoms with Crippen LogP contribution in [0.5, 0.6) is 5.75 Å². The zero-order chi connectivity index (χ0) is 61.2. The first-order chi connectivity index (χ1) is 41.7. The number of amides is 3.